The van der Waals surface area contributed by atoms with Crippen LogP contribution >= 0.6 is 0 Å². The van der Waals surface area contributed by atoms with E-state index in [-0.39, 0.29) is 0 Å². The third kappa shape index (κ3) is 18.1. The Kier molecular flexibility index (Phi) is 29.3. The summed E-state index contributed by atoms with van der Waals surface area (Å²) in [7, 11) is 0. The minimum Gasteiger partial charge on any atom is -0.394 e. The number of rotatable bonds is 25. The molecule has 8 saturated heterocycles. The van der Waals surface area contributed by atoms with E-state index in [2.05, 4.69) is 21.3 Å². The first-order valence-corrected chi connectivity index (χ1v) is 32.0. The van der Waals surface area contributed by atoms with E-state index in [1.807, 2.05) is 0 Å². The van der Waals surface area contributed by atoms with Crippen molar-refractivity contribution in [2.24, 2.45) is 0 Å². The lowest BCUT2D eigenvalue weighted by atomic mass is 9.93. The molecule has 44 heteroatoms. The van der Waals surface area contributed by atoms with E-state index in [1.54, 1.807) is 0 Å². The normalized spacial score (nSPS) is 48.7. The second-order valence-electron chi connectivity index (χ2n) is 25.3. The quantitative estimate of drug-likeness (QED) is 0.0404. The van der Waals surface area contributed by atoms with Gasteiger partial charge in [0.05, 0.1) is 52.4 Å². The van der Waals surface area contributed by atoms with Crippen LogP contribution in [0.25, 0.3) is 0 Å². The Morgan fingerprint density at radius 3 is 1.17 bits per heavy atom. The van der Waals surface area contributed by atoms with Crippen LogP contribution in [-0.2, 0) is 90.2 Å². The van der Waals surface area contributed by atoms with E-state index in [4.69, 9.17) is 71.1 Å². The predicted molar refractivity (Wildman–Crippen MR) is 309 cm³/mol. The van der Waals surface area contributed by atoms with Gasteiger partial charge in [-0.1, -0.05) is 0 Å². The Morgan fingerprint density at radius 1 is 0.280 bits per heavy atom. The van der Waals surface area contributed by atoms with Gasteiger partial charge in [-0.2, -0.15) is 0 Å². The van der Waals surface area contributed by atoms with Gasteiger partial charge >= 0.3 is 0 Å². The Labute approximate surface area is 567 Å². The molecule has 8 aliphatic rings. The lowest BCUT2D eigenvalue weighted by molar-refractivity contribution is -0.401. The highest BCUT2D eigenvalue weighted by atomic mass is 16.8. The first-order chi connectivity index (χ1) is 47.2. The van der Waals surface area contributed by atoms with Gasteiger partial charge in [0.1, 0.15) is 189 Å². The third-order valence-electron chi connectivity index (χ3n) is 18.2. The highest BCUT2D eigenvalue weighted by Gasteiger charge is 2.61. The molecule has 8 rings (SSSR count). The number of aliphatic hydroxyl groups is 21. The van der Waals surface area contributed by atoms with Crippen molar-refractivity contribution in [2.75, 3.05) is 46.2 Å². The number of aliphatic hydroxyl groups excluding tert-OH is 21. The number of amides is 4. The van der Waals surface area contributed by atoms with Gasteiger partial charge in [0.2, 0.25) is 23.6 Å². The van der Waals surface area contributed by atoms with Crippen LogP contribution < -0.4 is 21.3 Å². The van der Waals surface area contributed by atoms with Crippen LogP contribution in [0, 0.1) is 0 Å². The highest BCUT2D eigenvalue weighted by Crippen LogP contribution is 2.40. The summed E-state index contributed by atoms with van der Waals surface area (Å²) in [5.41, 5.74) is 0. The van der Waals surface area contributed by atoms with Crippen LogP contribution in [0.2, 0.25) is 0 Å². The van der Waals surface area contributed by atoms with Crippen LogP contribution in [0.15, 0.2) is 0 Å². The fourth-order valence-corrected chi connectivity index (χ4v) is 12.9. The molecule has 0 aromatic carbocycles. The Morgan fingerprint density at radius 2 is 0.630 bits per heavy atom. The molecule has 0 aliphatic carbocycles. The van der Waals surface area contributed by atoms with Crippen LogP contribution in [-0.4, -0.2) is 423 Å². The maximum Gasteiger partial charge on any atom is 0.217 e. The van der Waals surface area contributed by atoms with Crippen molar-refractivity contribution in [3.05, 3.63) is 0 Å². The smallest absolute Gasteiger partial charge is 0.217 e. The lowest BCUT2D eigenvalue weighted by Gasteiger charge is -2.52. The molecule has 4 amide bonds. The summed E-state index contributed by atoms with van der Waals surface area (Å²) in [6, 6.07) is -7.18. The van der Waals surface area contributed by atoms with Crippen molar-refractivity contribution in [1.82, 2.24) is 21.3 Å². The minimum atomic E-state index is -2.49. The zero-order chi connectivity index (χ0) is 73.8. The van der Waals surface area contributed by atoms with Gasteiger partial charge < -0.3 is 200 Å². The molecule has 0 radical (unpaired) electrons. The zero-order valence-electron chi connectivity index (χ0n) is 54.2. The van der Waals surface area contributed by atoms with Gasteiger partial charge in [0.15, 0.2) is 50.3 Å². The molecular weight excluding hydrogens is 1370 g/mol. The molecule has 44 nitrogen and oxygen atoms in total. The number of nitrogens with one attached hydrogen (secondary N) is 4. The fraction of sp³-hybridized carbons (Fsp3) is 0.929. The number of carbonyl (C=O) groups excluding carboxylic acids is 4. The molecule has 100 heavy (non-hydrogen) atoms. The second-order valence-corrected chi connectivity index (χ2v) is 25.3. The van der Waals surface area contributed by atoms with Gasteiger partial charge in [-0.3, -0.25) is 19.2 Å². The highest BCUT2D eigenvalue weighted by molar-refractivity contribution is 5.74. The summed E-state index contributed by atoms with van der Waals surface area (Å²) in [6.07, 6.45) is -72.5. The van der Waals surface area contributed by atoms with Gasteiger partial charge in [-0.15, -0.1) is 0 Å². The summed E-state index contributed by atoms with van der Waals surface area (Å²) in [5, 5.41) is 242. The minimum absolute atomic E-state index is 0.759. The molecule has 8 heterocycles. The average molecular weight is 1460 g/mol. The summed E-state index contributed by atoms with van der Waals surface area (Å²) in [6.45, 7) is -2.18. The van der Waals surface area contributed by atoms with Crippen molar-refractivity contribution in [3.8, 4) is 0 Å². The monoisotopic (exact) mass is 1460 g/mol. The SMILES string of the molecule is CC(=O)N[C@H]1[C@H](O[C@H]2[C@H](O)[C@@H](NC(C)=O)C(O)O[C@@H]2CO)O[C@H](CO)[C@@H](O[C@H]2O[C@@H](CO[C@@H]3O[C@@H](CO)[C@H](O)[C@@H](O)[C@H]3O)[C@H](O)[C@@H](O[C@@H]3O[C@@H](CO)[C@H](O)[C@@H](O)[C@H]3O[C@@H]3O[C@H](CO)[C@@H](O[C@@H]4O[C@H](CO)[C@@H](O)[C@H](O)[C@H]4NC(C)=O)[C@H](O[C@H]4O[C@H](C)[C@H](O)[C@H](O)[C@H]4O)[C@H]3NC(C)=O)[C@H]2O)[C@@H]1O. The molecule has 25 N–H and O–H groups in total. The van der Waals surface area contributed by atoms with E-state index < -0.39 is 315 Å². The topological polar surface area (TPSA) is 680 Å². The molecule has 0 bridgehead atoms. The molecule has 8 fully saturated rings. The van der Waals surface area contributed by atoms with E-state index in [0.29, 0.717) is 0 Å². The molecular formula is C56H94N4O40. The standard InChI is InChI=1S/C56H94N4O40/c1-13-29(71)37(79)41(83)54(87-13)98-46-28(60-17(5)70)52(93-23(11-66)45(46)97-50-26(58-15(3)68)34(76)30(72)18(6-61)89-50)100-48-39(81)32(74)20(8-63)91-56(48)99-47-33(75)24(12-86-53-40(82)38(80)31(73)19(7-62)90-53)94-55(42(47)84)96-44-22(10-65)92-51(27(36(44)78)59-16(4)69)95-43-21(9-64)88-49(85)25(35(43)77)57-14(2)67/h13,18-56,61-66,71-85H,6-12H2,1-5H3,(H,57,67)(H,58,68)(H,59,69)(H,60,70)/t13-,18-,19+,20+,21-,22-,23-,24+,25-,26-,27-,28-,29+,30-,31+,32+,33+,34-,35-,36-,37+,38-,39-,40-,41-,42-,43-,44-,45-,46-,47-,48-,49?,50+,51+,52+,53-,54-,55-,56+/m1/s1. The number of ether oxygens (including phenoxy) is 15. The van der Waals surface area contributed by atoms with Crippen molar-refractivity contribution in [3.63, 3.8) is 0 Å². The molecule has 0 aromatic rings. The number of carbonyl (C=O) groups is 4. The third-order valence-corrected chi connectivity index (χ3v) is 18.2. The van der Waals surface area contributed by atoms with Crippen molar-refractivity contribution >= 4 is 23.6 Å². The van der Waals surface area contributed by atoms with Crippen molar-refractivity contribution in [2.45, 2.75) is 280 Å². The predicted octanol–water partition coefficient (Wildman–Crippen LogP) is -16.8. The largest absolute Gasteiger partial charge is 0.394 e. The summed E-state index contributed by atoms with van der Waals surface area (Å²) in [5.74, 6) is -3.46. The van der Waals surface area contributed by atoms with Crippen LogP contribution in [0.4, 0.5) is 0 Å². The molecule has 578 valence electrons. The molecule has 1 unspecified atom stereocenters. The second kappa shape index (κ2) is 35.7. The van der Waals surface area contributed by atoms with Gasteiger partial charge in [-0.05, 0) is 6.92 Å². The summed E-state index contributed by atoms with van der Waals surface area (Å²) in [4.78, 5) is 50.9. The first-order valence-electron chi connectivity index (χ1n) is 32.0. The molecule has 0 spiro atoms. The van der Waals surface area contributed by atoms with E-state index in [0.717, 1.165) is 27.7 Å². The first kappa shape index (κ1) is 82.1. The lowest BCUT2D eigenvalue weighted by Crippen LogP contribution is -2.72. The average Bonchev–Trinajstić information content (AvgIpc) is 0.674. The molecule has 40 atom stereocenters. The van der Waals surface area contributed by atoms with Crippen molar-refractivity contribution < 1.29 is 197 Å². The Bertz CT molecular complexity index is 2620. The number of hydrogen-bond donors (Lipinski definition) is 25. The van der Waals surface area contributed by atoms with E-state index in [1.165, 1.54) is 6.92 Å². The summed E-state index contributed by atoms with van der Waals surface area (Å²) >= 11 is 0. The van der Waals surface area contributed by atoms with E-state index >= 15 is 0 Å². The van der Waals surface area contributed by atoms with Gasteiger partial charge in [0.25, 0.3) is 0 Å². The van der Waals surface area contributed by atoms with E-state index in [9.17, 15) is 126 Å². The van der Waals surface area contributed by atoms with Crippen LogP contribution in [0.3, 0.4) is 0 Å². The van der Waals surface area contributed by atoms with Gasteiger partial charge in [-0.25, -0.2) is 0 Å². The van der Waals surface area contributed by atoms with Crippen LogP contribution in [0.1, 0.15) is 34.6 Å². The van der Waals surface area contributed by atoms with Gasteiger partial charge in [0, 0.05) is 27.7 Å². The Balaban J connectivity index is 1.15. The fourth-order valence-electron chi connectivity index (χ4n) is 12.9. The molecule has 0 aromatic heterocycles. The van der Waals surface area contributed by atoms with Crippen molar-refractivity contribution in [1.29, 1.82) is 0 Å². The maximum absolute atomic E-state index is 13.4. The maximum atomic E-state index is 13.4. The number of hydrogen-bond acceptors (Lipinski definition) is 40. The molecule has 0 saturated carbocycles. The summed E-state index contributed by atoms with van der Waals surface area (Å²) < 4.78 is 89.6. The Hall–Kier alpha value is -3.56. The zero-order valence-corrected chi connectivity index (χ0v) is 54.2. The molecule has 8 aliphatic heterocycles. The van der Waals surface area contributed by atoms with Crippen LogP contribution in [0.5, 0.6) is 0 Å².